The van der Waals surface area contributed by atoms with Crippen molar-refractivity contribution in [2.45, 2.75) is 26.7 Å². The lowest BCUT2D eigenvalue weighted by molar-refractivity contribution is 0.0947. The first-order chi connectivity index (χ1) is 10.6. The summed E-state index contributed by atoms with van der Waals surface area (Å²) in [6.45, 7) is 4.98. The molecule has 0 saturated heterocycles. The van der Waals surface area contributed by atoms with Crippen LogP contribution in [-0.4, -0.2) is 24.5 Å². The van der Waals surface area contributed by atoms with Crippen molar-refractivity contribution in [3.63, 3.8) is 0 Å². The Labute approximate surface area is 135 Å². The van der Waals surface area contributed by atoms with E-state index in [1.165, 1.54) is 11.3 Å². The molecule has 2 rings (SSSR count). The first-order valence-corrected chi connectivity index (χ1v) is 8.32. The molecule has 0 radical (unpaired) electrons. The molecule has 1 N–H and O–H groups in total. The van der Waals surface area contributed by atoms with Crippen LogP contribution in [0, 0.1) is 5.92 Å². The van der Waals surface area contributed by atoms with E-state index in [2.05, 4.69) is 24.1 Å². The fourth-order valence-electron chi connectivity index (χ4n) is 1.98. The monoisotopic (exact) mass is 318 g/mol. The molecule has 0 unspecified atom stereocenters. The number of nitrogens with zero attached hydrogens (tertiary/aromatic N) is 1. The summed E-state index contributed by atoms with van der Waals surface area (Å²) in [5, 5.41) is 5.68. The lowest BCUT2D eigenvalue weighted by Gasteiger charge is -2.05. The van der Waals surface area contributed by atoms with E-state index in [4.69, 9.17) is 4.74 Å². The molecule has 1 amide bonds. The Balaban J connectivity index is 1.91. The number of ether oxygens (including phenoxy) is 1. The normalized spacial score (nSPS) is 10.7. The average Bonchev–Trinajstić information content (AvgIpc) is 2.96. The van der Waals surface area contributed by atoms with Crippen LogP contribution in [0.2, 0.25) is 0 Å². The van der Waals surface area contributed by atoms with Gasteiger partial charge in [0.05, 0.1) is 12.1 Å². The zero-order chi connectivity index (χ0) is 15.9. The minimum atomic E-state index is -0.0853. The third-order valence-electron chi connectivity index (χ3n) is 3.31. The van der Waals surface area contributed by atoms with Crippen molar-refractivity contribution in [3.05, 3.63) is 45.9 Å². The zero-order valence-electron chi connectivity index (χ0n) is 13.3. The van der Waals surface area contributed by atoms with E-state index in [1.54, 1.807) is 7.11 Å². The molecule has 22 heavy (non-hydrogen) atoms. The SMILES string of the molecule is COc1ccc(Cc2nc(C(=O)NCCC(C)C)cs2)cc1. The maximum Gasteiger partial charge on any atom is 0.270 e. The van der Waals surface area contributed by atoms with Gasteiger partial charge in [-0.3, -0.25) is 4.79 Å². The Morgan fingerprint density at radius 3 is 2.68 bits per heavy atom. The molecule has 0 spiro atoms. The van der Waals surface area contributed by atoms with Crippen molar-refractivity contribution in [3.8, 4) is 5.75 Å². The van der Waals surface area contributed by atoms with E-state index < -0.39 is 0 Å². The van der Waals surface area contributed by atoms with Crippen molar-refractivity contribution >= 4 is 17.2 Å². The van der Waals surface area contributed by atoms with Crippen LogP contribution in [-0.2, 0) is 6.42 Å². The van der Waals surface area contributed by atoms with E-state index in [-0.39, 0.29) is 5.91 Å². The van der Waals surface area contributed by atoms with Gasteiger partial charge in [-0.15, -0.1) is 11.3 Å². The second kappa shape index (κ2) is 7.94. The van der Waals surface area contributed by atoms with Crippen LogP contribution in [0.25, 0.3) is 0 Å². The van der Waals surface area contributed by atoms with E-state index in [0.717, 1.165) is 29.2 Å². The number of hydrogen-bond donors (Lipinski definition) is 1. The Bertz CT molecular complexity index is 605. The summed E-state index contributed by atoms with van der Waals surface area (Å²) in [6, 6.07) is 7.90. The smallest absolute Gasteiger partial charge is 0.270 e. The molecule has 0 aliphatic heterocycles. The second-order valence-electron chi connectivity index (χ2n) is 5.59. The highest BCUT2D eigenvalue weighted by Crippen LogP contribution is 2.17. The van der Waals surface area contributed by atoms with Crippen molar-refractivity contribution in [2.75, 3.05) is 13.7 Å². The van der Waals surface area contributed by atoms with Gasteiger partial charge < -0.3 is 10.1 Å². The molecule has 5 heteroatoms. The van der Waals surface area contributed by atoms with Crippen LogP contribution in [0.5, 0.6) is 5.75 Å². The molecule has 118 valence electrons. The Morgan fingerprint density at radius 2 is 2.05 bits per heavy atom. The third kappa shape index (κ3) is 4.84. The Hall–Kier alpha value is -1.88. The number of carbonyl (C=O) groups is 1. The van der Waals surface area contributed by atoms with E-state index in [0.29, 0.717) is 18.2 Å². The van der Waals surface area contributed by atoms with Crippen LogP contribution in [0.3, 0.4) is 0 Å². The largest absolute Gasteiger partial charge is 0.497 e. The highest BCUT2D eigenvalue weighted by atomic mass is 32.1. The minimum absolute atomic E-state index is 0.0853. The van der Waals surface area contributed by atoms with Crippen molar-refractivity contribution in [2.24, 2.45) is 5.92 Å². The highest BCUT2D eigenvalue weighted by molar-refractivity contribution is 7.09. The number of carbonyl (C=O) groups excluding carboxylic acids is 1. The number of rotatable bonds is 7. The highest BCUT2D eigenvalue weighted by Gasteiger charge is 2.11. The maximum atomic E-state index is 12.0. The van der Waals surface area contributed by atoms with Crippen molar-refractivity contribution in [1.82, 2.24) is 10.3 Å². The minimum Gasteiger partial charge on any atom is -0.497 e. The molecule has 0 fully saturated rings. The number of benzene rings is 1. The summed E-state index contributed by atoms with van der Waals surface area (Å²) in [4.78, 5) is 16.4. The first kappa shape index (κ1) is 16.5. The molecule has 2 aromatic rings. The summed E-state index contributed by atoms with van der Waals surface area (Å²) in [5.74, 6) is 1.34. The molecule has 0 aliphatic carbocycles. The van der Waals surface area contributed by atoms with E-state index in [1.807, 2.05) is 29.6 Å². The Kier molecular flexibility index (Phi) is 5.95. The van der Waals surface area contributed by atoms with Crippen LogP contribution in [0.15, 0.2) is 29.6 Å². The number of aromatic nitrogens is 1. The predicted octanol–water partition coefficient (Wildman–Crippen LogP) is 3.52. The summed E-state index contributed by atoms with van der Waals surface area (Å²) in [5.41, 5.74) is 1.67. The number of methoxy groups -OCH3 is 1. The van der Waals surface area contributed by atoms with Crippen LogP contribution < -0.4 is 10.1 Å². The summed E-state index contributed by atoms with van der Waals surface area (Å²) in [7, 11) is 1.65. The average molecular weight is 318 g/mol. The molecule has 0 bridgehead atoms. The summed E-state index contributed by atoms with van der Waals surface area (Å²) >= 11 is 1.52. The standard InChI is InChI=1S/C17H22N2O2S/c1-12(2)8-9-18-17(20)15-11-22-16(19-15)10-13-4-6-14(21-3)7-5-13/h4-7,11-12H,8-10H2,1-3H3,(H,18,20). The van der Waals surface area contributed by atoms with Crippen LogP contribution in [0.4, 0.5) is 0 Å². The summed E-state index contributed by atoms with van der Waals surface area (Å²) < 4.78 is 5.14. The molecular formula is C17H22N2O2S. The van der Waals surface area contributed by atoms with Gasteiger partial charge >= 0.3 is 0 Å². The number of nitrogens with one attached hydrogen (secondary N) is 1. The summed E-state index contributed by atoms with van der Waals surface area (Å²) in [6.07, 6.45) is 1.71. The van der Waals surface area contributed by atoms with Gasteiger partial charge in [0.1, 0.15) is 11.4 Å². The third-order valence-corrected chi connectivity index (χ3v) is 4.15. The second-order valence-corrected chi connectivity index (χ2v) is 6.53. The fraction of sp³-hybridized carbons (Fsp3) is 0.412. The molecule has 0 saturated carbocycles. The van der Waals surface area contributed by atoms with Gasteiger partial charge in [0.2, 0.25) is 0 Å². The number of hydrogen-bond acceptors (Lipinski definition) is 4. The first-order valence-electron chi connectivity index (χ1n) is 7.44. The topological polar surface area (TPSA) is 51.2 Å². The fourth-order valence-corrected chi connectivity index (χ4v) is 2.79. The zero-order valence-corrected chi connectivity index (χ0v) is 14.1. The van der Waals surface area contributed by atoms with Gasteiger partial charge in [0.25, 0.3) is 5.91 Å². The van der Waals surface area contributed by atoms with E-state index in [9.17, 15) is 4.79 Å². The quantitative estimate of drug-likeness (QED) is 0.850. The predicted molar refractivity (Wildman–Crippen MR) is 89.7 cm³/mol. The van der Waals surface area contributed by atoms with Gasteiger partial charge in [0.15, 0.2) is 0 Å². The number of amides is 1. The molecule has 1 heterocycles. The van der Waals surface area contributed by atoms with Gasteiger partial charge in [0, 0.05) is 18.3 Å². The molecule has 4 nitrogen and oxygen atoms in total. The molecule has 1 aromatic heterocycles. The van der Waals surface area contributed by atoms with Gasteiger partial charge in [-0.1, -0.05) is 26.0 Å². The Morgan fingerprint density at radius 1 is 1.32 bits per heavy atom. The van der Waals surface area contributed by atoms with Crippen molar-refractivity contribution < 1.29 is 9.53 Å². The number of thiazole rings is 1. The molecule has 1 aromatic carbocycles. The molecular weight excluding hydrogens is 296 g/mol. The van der Waals surface area contributed by atoms with Crippen LogP contribution in [0.1, 0.15) is 41.3 Å². The van der Waals surface area contributed by atoms with Gasteiger partial charge in [-0.05, 0) is 30.0 Å². The van der Waals surface area contributed by atoms with Crippen molar-refractivity contribution in [1.29, 1.82) is 0 Å². The molecule has 0 aliphatic rings. The maximum absolute atomic E-state index is 12.0. The van der Waals surface area contributed by atoms with E-state index >= 15 is 0 Å². The molecule has 0 atom stereocenters. The lowest BCUT2D eigenvalue weighted by Crippen LogP contribution is -2.25. The van der Waals surface area contributed by atoms with Gasteiger partial charge in [-0.2, -0.15) is 0 Å². The van der Waals surface area contributed by atoms with Gasteiger partial charge in [-0.25, -0.2) is 4.98 Å². The van der Waals surface area contributed by atoms with Crippen LogP contribution >= 0.6 is 11.3 Å². The lowest BCUT2D eigenvalue weighted by atomic mass is 10.1.